The molecule has 1 aromatic rings. The van der Waals surface area contributed by atoms with Gasteiger partial charge in [-0.1, -0.05) is 53.2 Å². The number of esters is 1. The fourth-order valence-electron chi connectivity index (χ4n) is 1.94. The van der Waals surface area contributed by atoms with E-state index in [0.29, 0.717) is 19.3 Å². The monoisotopic (exact) mass is 389 g/mol. The maximum absolute atomic E-state index is 12.5. The van der Waals surface area contributed by atoms with E-state index in [-0.39, 0.29) is 12.5 Å². The fourth-order valence-corrected chi connectivity index (χ4v) is 3.66. The largest absolute Gasteiger partial charge is 0.464 e. The smallest absolute Gasteiger partial charge is 0.329 e. The molecule has 1 aromatic carbocycles. The second-order valence-electron chi connectivity index (χ2n) is 4.65. The molecule has 0 saturated carbocycles. The Bertz CT molecular complexity index is 706. The van der Waals surface area contributed by atoms with E-state index in [0.717, 1.165) is 17.3 Å². The minimum absolute atomic E-state index is 0.247. The summed E-state index contributed by atoms with van der Waals surface area (Å²) in [6, 6.07) is 4.29. The number of carbonyl (C=O) groups excluding carboxylic acids is 2. The van der Waals surface area contributed by atoms with Crippen molar-refractivity contribution in [2.45, 2.75) is 19.9 Å². The van der Waals surface area contributed by atoms with Crippen molar-refractivity contribution >= 4 is 69.5 Å². The zero-order valence-corrected chi connectivity index (χ0v) is 15.5. The molecule has 0 N–H and O–H groups in total. The van der Waals surface area contributed by atoms with E-state index in [1.54, 1.807) is 38.1 Å². The molecule has 4 nitrogen and oxygen atoms in total. The van der Waals surface area contributed by atoms with Gasteiger partial charge in [-0.25, -0.2) is 4.79 Å². The van der Waals surface area contributed by atoms with Crippen molar-refractivity contribution in [1.29, 1.82) is 0 Å². The van der Waals surface area contributed by atoms with E-state index in [2.05, 4.69) is 0 Å². The van der Waals surface area contributed by atoms with Crippen LogP contribution in [0, 0.1) is 0 Å². The highest BCUT2D eigenvalue weighted by Crippen LogP contribution is 2.35. The number of ether oxygens (including phenoxy) is 1. The lowest BCUT2D eigenvalue weighted by atomic mass is 10.2. The maximum atomic E-state index is 12.5. The predicted octanol–water partition coefficient (Wildman–Crippen LogP) is 4.15. The Morgan fingerprint density at radius 1 is 1.43 bits per heavy atom. The molecule has 0 spiro atoms. The molecule has 2 rings (SSSR count). The van der Waals surface area contributed by atoms with Crippen LogP contribution in [0.15, 0.2) is 23.1 Å². The molecule has 8 heteroatoms. The number of thioether (sulfide) groups is 1. The molecule has 122 valence electrons. The summed E-state index contributed by atoms with van der Waals surface area (Å²) in [6.07, 6.45) is 1.67. The molecule has 1 aliphatic rings. The van der Waals surface area contributed by atoms with Gasteiger partial charge in [-0.3, -0.25) is 9.69 Å². The second-order valence-corrected chi connectivity index (χ2v) is 7.14. The number of rotatable bonds is 4. The first-order valence-corrected chi connectivity index (χ1v) is 8.72. The van der Waals surface area contributed by atoms with Gasteiger partial charge in [-0.15, -0.1) is 0 Å². The van der Waals surface area contributed by atoms with Crippen molar-refractivity contribution in [3.63, 3.8) is 0 Å². The quantitative estimate of drug-likeness (QED) is 0.439. The standard InChI is InChI=1S/C15H13Cl2NO3S2/c1-3-21-14(20)8(2)18-13(19)12(23-15(18)22)7-9-4-5-10(16)11(17)6-9/h4-8H,3H2,1-2H3/b12-7-. The van der Waals surface area contributed by atoms with E-state index in [1.165, 1.54) is 4.90 Å². The van der Waals surface area contributed by atoms with Gasteiger partial charge in [-0.05, 0) is 37.6 Å². The summed E-state index contributed by atoms with van der Waals surface area (Å²) in [4.78, 5) is 26.0. The molecule has 1 fully saturated rings. The van der Waals surface area contributed by atoms with E-state index < -0.39 is 12.0 Å². The van der Waals surface area contributed by atoms with E-state index in [9.17, 15) is 9.59 Å². The number of hydrogen-bond acceptors (Lipinski definition) is 5. The van der Waals surface area contributed by atoms with Crippen LogP contribution >= 0.6 is 47.2 Å². The molecule has 0 aromatic heterocycles. The van der Waals surface area contributed by atoms with Crippen LogP contribution in [0.3, 0.4) is 0 Å². The topological polar surface area (TPSA) is 46.6 Å². The molecule has 23 heavy (non-hydrogen) atoms. The van der Waals surface area contributed by atoms with Crippen molar-refractivity contribution in [3.8, 4) is 0 Å². The Labute approximate surface area is 153 Å². The van der Waals surface area contributed by atoms with Gasteiger partial charge in [0, 0.05) is 0 Å². The lowest BCUT2D eigenvalue weighted by Gasteiger charge is -2.21. The fraction of sp³-hybridized carbons (Fsp3) is 0.267. The summed E-state index contributed by atoms with van der Waals surface area (Å²) in [5.41, 5.74) is 0.726. The number of carbonyl (C=O) groups is 2. The number of halogens is 2. The first-order chi connectivity index (χ1) is 10.8. The lowest BCUT2D eigenvalue weighted by Crippen LogP contribution is -2.42. The van der Waals surface area contributed by atoms with Gasteiger partial charge in [0.05, 0.1) is 21.6 Å². The molecule has 1 unspecified atom stereocenters. The van der Waals surface area contributed by atoms with Gasteiger partial charge in [0.1, 0.15) is 10.4 Å². The Balaban J connectivity index is 2.25. The van der Waals surface area contributed by atoms with E-state index in [1.807, 2.05) is 0 Å². The molecular formula is C15H13Cl2NO3S2. The van der Waals surface area contributed by atoms with E-state index in [4.69, 9.17) is 40.2 Å². The van der Waals surface area contributed by atoms with Crippen LogP contribution in [-0.4, -0.2) is 33.7 Å². The van der Waals surface area contributed by atoms with E-state index >= 15 is 0 Å². The highest BCUT2D eigenvalue weighted by atomic mass is 35.5. The summed E-state index contributed by atoms with van der Waals surface area (Å²) >= 11 is 18.2. The van der Waals surface area contributed by atoms with Crippen LogP contribution in [0.1, 0.15) is 19.4 Å². The van der Waals surface area contributed by atoms with Crippen LogP contribution in [0.2, 0.25) is 10.0 Å². The van der Waals surface area contributed by atoms with Crippen molar-refractivity contribution < 1.29 is 14.3 Å². The molecule has 0 radical (unpaired) electrons. The van der Waals surface area contributed by atoms with Gasteiger partial charge in [-0.2, -0.15) is 0 Å². The minimum Gasteiger partial charge on any atom is -0.464 e. The first kappa shape index (κ1) is 18.3. The normalized spacial score (nSPS) is 17.7. The molecule has 0 bridgehead atoms. The minimum atomic E-state index is -0.762. The van der Waals surface area contributed by atoms with Crippen LogP contribution in [-0.2, 0) is 14.3 Å². The Hall–Kier alpha value is -1.08. The van der Waals surface area contributed by atoms with Crippen molar-refractivity contribution in [2.75, 3.05) is 6.61 Å². The number of benzene rings is 1. The zero-order chi connectivity index (χ0) is 17.1. The summed E-state index contributed by atoms with van der Waals surface area (Å²) in [5.74, 6) is -0.814. The number of amides is 1. The summed E-state index contributed by atoms with van der Waals surface area (Å²) < 4.78 is 5.26. The van der Waals surface area contributed by atoms with Gasteiger partial charge in [0.2, 0.25) is 0 Å². The number of hydrogen-bond donors (Lipinski definition) is 0. The van der Waals surface area contributed by atoms with Crippen molar-refractivity contribution in [3.05, 3.63) is 38.7 Å². The van der Waals surface area contributed by atoms with Crippen LogP contribution in [0.4, 0.5) is 0 Å². The Kier molecular flexibility index (Phi) is 6.08. The summed E-state index contributed by atoms with van der Waals surface area (Å²) in [6.45, 7) is 3.54. The molecule has 1 saturated heterocycles. The maximum Gasteiger partial charge on any atom is 0.329 e. The molecule has 0 aliphatic carbocycles. The lowest BCUT2D eigenvalue weighted by molar-refractivity contribution is -0.149. The zero-order valence-electron chi connectivity index (χ0n) is 12.3. The predicted molar refractivity (Wildman–Crippen MR) is 97.6 cm³/mol. The van der Waals surface area contributed by atoms with Gasteiger partial charge in [0.15, 0.2) is 0 Å². The molecule has 1 aliphatic heterocycles. The average Bonchev–Trinajstić information content (AvgIpc) is 2.77. The van der Waals surface area contributed by atoms with Crippen molar-refractivity contribution in [1.82, 2.24) is 4.90 Å². The third-order valence-electron chi connectivity index (χ3n) is 3.08. The first-order valence-electron chi connectivity index (χ1n) is 6.74. The van der Waals surface area contributed by atoms with Crippen LogP contribution in [0.5, 0.6) is 0 Å². The number of nitrogens with zero attached hydrogens (tertiary/aromatic N) is 1. The summed E-state index contributed by atoms with van der Waals surface area (Å²) in [5, 5.41) is 0.836. The second kappa shape index (κ2) is 7.66. The highest BCUT2D eigenvalue weighted by Gasteiger charge is 2.38. The Morgan fingerprint density at radius 2 is 2.13 bits per heavy atom. The molecule has 1 atom stereocenters. The Morgan fingerprint density at radius 3 is 2.74 bits per heavy atom. The van der Waals surface area contributed by atoms with Gasteiger partial charge in [0.25, 0.3) is 5.91 Å². The van der Waals surface area contributed by atoms with Crippen molar-refractivity contribution in [2.24, 2.45) is 0 Å². The highest BCUT2D eigenvalue weighted by molar-refractivity contribution is 8.26. The SMILES string of the molecule is CCOC(=O)C(C)N1C(=O)/C(=C/c2ccc(Cl)c(Cl)c2)SC1=S. The van der Waals surface area contributed by atoms with Gasteiger partial charge >= 0.3 is 5.97 Å². The molecule has 1 heterocycles. The molecular weight excluding hydrogens is 377 g/mol. The third kappa shape index (κ3) is 4.07. The van der Waals surface area contributed by atoms with Crippen LogP contribution in [0.25, 0.3) is 6.08 Å². The average molecular weight is 390 g/mol. The molecule has 1 amide bonds. The number of thiocarbonyl (C=S) groups is 1. The summed E-state index contributed by atoms with van der Waals surface area (Å²) in [7, 11) is 0. The van der Waals surface area contributed by atoms with Gasteiger partial charge < -0.3 is 4.74 Å². The van der Waals surface area contributed by atoms with Crippen LogP contribution < -0.4 is 0 Å². The third-order valence-corrected chi connectivity index (χ3v) is 5.15.